The Labute approximate surface area is 103 Å². The van der Waals surface area contributed by atoms with E-state index in [0.717, 1.165) is 25.9 Å². The van der Waals surface area contributed by atoms with Crippen molar-refractivity contribution in [2.45, 2.75) is 12.8 Å². The normalized spacial score (nSPS) is 15.7. The molecule has 1 saturated heterocycles. The summed E-state index contributed by atoms with van der Waals surface area (Å²) in [5, 5.41) is 0.103. The second-order valence-corrected chi connectivity index (χ2v) is 4.47. The Bertz CT molecular complexity index is 573. The number of rotatable bonds is 1. The average Bonchev–Trinajstić information content (AvgIpc) is 2.94. The number of fused-ring (bicyclic) bond motifs is 1. The lowest BCUT2D eigenvalue weighted by molar-refractivity contribution is 0.0793. The van der Waals surface area contributed by atoms with Gasteiger partial charge in [-0.25, -0.2) is 0 Å². The molecule has 1 aromatic carbocycles. The Morgan fingerprint density at radius 2 is 2.12 bits per heavy atom. The van der Waals surface area contributed by atoms with Crippen LogP contribution in [0.2, 0.25) is 5.35 Å². The molecule has 1 aliphatic heterocycles. The minimum atomic E-state index is 0.0527. The van der Waals surface area contributed by atoms with Gasteiger partial charge in [-0.05, 0) is 42.6 Å². The van der Waals surface area contributed by atoms with Crippen molar-refractivity contribution in [2.75, 3.05) is 13.1 Å². The van der Waals surface area contributed by atoms with Crippen LogP contribution < -0.4 is 0 Å². The Hall–Kier alpha value is -1.55. The number of likely N-dealkylation sites (tertiary alicyclic amines) is 1. The predicted octanol–water partition coefficient (Wildman–Crippen LogP) is 2.72. The number of hydrogen-bond acceptors (Lipinski definition) is 3. The summed E-state index contributed by atoms with van der Waals surface area (Å²) in [5.41, 5.74) is 1.86. The molecule has 4 nitrogen and oxygen atoms in total. The van der Waals surface area contributed by atoms with Gasteiger partial charge in [-0.3, -0.25) is 4.79 Å². The summed E-state index contributed by atoms with van der Waals surface area (Å²) in [5.74, 6) is 0.0527. The molecule has 2 aromatic rings. The van der Waals surface area contributed by atoms with Crippen LogP contribution in [0.15, 0.2) is 22.6 Å². The van der Waals surface area contributed by atoms with Crippen LogP contribution in [0.5, 0.6) is 0 Å². The van der Waals surface area contributed by atoms with Crippen LogP contribution >= 0.6 is 11.6 Å². The molecule has 1 fully saturated rings. The first kappa shape index (κ1) is 10.6. The number of oxazole rings is 1. The first-order chi connectivity index (χ1) is 8.24. The van der Waals surface area contributed by atoms with Gasteiger partial charge in [0.05, 0.1) is 0 Å². The van der Waals surface area contributed by atoms with E-state index in [2.05, 4.69) is 4.98 Å². The van der Waals surface area contributed by atoms with E-state index in [1.807, 2.05) is 4.90 Å². The highest BCUT2D eigenvalue weighted by Gasteiger charge is 2.20. The van der Waals surface area contributed by atoms with Gasteiger partial charge in [0.25, 0.3) is 11.3 Å². The fourth-order valence-corrected chi connectivity index (χ4v) is 2.31. The largest absolute Gasteiger partial charge is 0.428 e. The lowest BCUT2D eigenvalue weighted by Gasteiger charge is -2.14. The Morgan fingerprint density at radius 3 is 2.88 bits per heavy atom. The molecule has 0 unspecified atom stereocenters. The van der Waals surface area contributed by atoms with Crippen LogP contribution in [0.1, 0.15) is 23.2 Å². The topological polar surface area (TPSA) is 46.3 Å². The summed E-state index contributed by atoms with van der Waals surface area (Å²) < 4.78 is 5.20. The third kappa shape index (κ3) is 1.89. The van der Waals surface area contributed by atoms with Gasteiger partial charge >= 0.3 is 0 Å². The second kappa shape index (κ2) is 4.04. The van der Waals surface area contributed by atoms with Crippen molar-refractivity contribution in [3.05, 3.63) is 29.1 Å². The molecule has 88 valence electrons. The standard InChI is InChI=1S/C12H11ClN2O2/c13-12-14-9-4-3-8(7-10(9)17-12)11(16)15-5-1-2-6-15/h3-4,7H,1-2,5-6H2. The summed E-state index contributed by atoms with van der Waals surface area (Å²) in [4.78, 5) is 18.0. The van der Waals surface area contributed by atoms with Crippen molar-refractivity contribution in [3.8, 4) is 0 Å². The Morgan fingerprint density at radius 1 is 1.35 bits per heavy atom. The molecular weight excluding hydrogens is 240 g/mol. The van der Waals surface area contributed by atoms with E-state index in [9.17, 15) is 4.79 Å². The molecule has 17 heavy (non-hydrogen) atoms. The molecule has 1 aromatic heterocycles. The minimum absolute atomic E-state index is 0.0527. The molecular formula is C12H11ClN2O2. The molecule has 0 aliphatic carbocycles. The highest BCUT2D eigenvalue weighted by atomic mass is 35.5. The van der Waals surface area contributed by atoms with E-state index in [4.69, 9.17) is 16.0 Å². The van der Waals surface area contributed by atoms with Crippen molar-refractivity contribution in [1.29, 1.82) is 0 Å². The van der Waals surface area contributed by atoms with Gasteiger partial charge in [-0.2, -0.15) is 4.98 Å². The van der Waals surface area contributed by atoms with Crippen molar-refractivity contribution < 1.29 is 9.21 Å². The maximum atomic E-state index is 12.1. The van der Waals surface area contributed by atoms with Gasteiger partial charge < -0.3 is 9.32 Å². The first-order valence-corrected chi connectivity index (χ1v) is 5.97. The summed E-state index contributed by atoms with van der Waals surface area (Å²) >= 11 is 5.67. The maximum absolute atomic E-state index is 12.1. The number of benzene rings is 1. The number of hydrogen-bond donors (Lipinski definition) is 0. The summed E-state index contributed by atoms with van der Waals surface area (Å²) in [6, 6.07) is 5.23. The summed E-state index contributed by atoms with van der Waals surface area (Å²) in [6.07, 6.45) is 2.17. The predicted molar refractivity (Wildman–Crippen MR) is 64.2 cm³/mol. The monoisotopic (exact) mass is 250 g/mol. The van der Waals surface area contributed by atoms with E-state index < -0.39 is 0 Å². The van der Waals surface area contributed by atoms with E-state index in [1.165, 1.54) is 0 Å². The molecule has 2 heterocycles. The molecule has 0 radical (unpaired) electrons. The third-order valence-corrected chi connectivity index (χ3v) is 3.16. The number of halogens is 1. The van der Waals surface area contributed by atoms with Gasteiger partial charge in [0.1, 0.15) is 5.52 Å². The van der Waals surface area contributed by atoms with E-state index in [-0.39, 0.29) is 11.3 Å². The minimum Gasteiger partial charge on any atom is -0.428 e. The molecule has 1 aliphatic rings. The Balaban J connectivity index is 1.96. The van der Waals surface area contributed by atoms with E-state index >= 15 is 0 Å². The molecule has 5 heteroatoms. The van der Waals surface area contributed by atoms with Gasteiger partial charge in [0, 0.05) is 18.7 Å². The second-order valence-electron chi connectivity index (χ2n) is 4.15. The van der Waals surface area contributed by atoms with Crippen LogP contribution in [0.25, 0.3) is 11.1 Å². The van der Waals surface area contributed by atoms with Crippen molar-refractivity contribution in [3.63, 3.8) is 0 Å². The van der Waals surface area contributed by atoms with Crippen molar-refractivity contribution in [1.82, 2.24) is 9.88 Å². The summed E-state index contributed by atoms with van der Waals surface area (Å²) in [6.45, 7) is 1.68. The zero-order chi connectivity index (χ0) is 11.8. The van der Waals surface area contributed by atoms with Crippen LogP contribution in [0.3, 0.4) is 0 Å². The molecule has 1 amide bonds. The van der Waals surface area contributed by atoms with Gasteiger partial charge in [-0.1, -0.05) is 0 Å². The zero-order valence-corrected chi connectivity index (χ0v) is 9.91. The number of aromatic nitrogens is 1. The van der Waals surface area contributed by atoms with Crippen LogP contribution in [0, 0.1) is 0 Å². The van der Waals surface area contributed by atoms with Crippen LogP contribution in [0.4, 0.5) is 0 Å². The van der Waals surface area contributed by atoms with Crippen molar-refractivity contribution in [2.24, 2.45) is 0 Å². The Kier molecular flexibility index (Phi) is 2.52. The van der Waals surface area contributed by atoms with Gasteiger partial charge in [0.2, 0.25) is 0 Å². The average molecular weight is 251 g/mol. The zero-order valence-electron chi connectivity index (χ0n) is 9.15. The van der Waals surface area contributed by atoms with Gasteiger partial charge in [0.15, 0.2) is 5.58 Å². The summed E-state index contributed by atoms with van der Waals surface area (Å²) in [7, 11) is 0. The van der Waals surface area contributed by atoms with Crippen LogP contribution in [-0.2, 0) is 0 Å². The molecule has 0 bridgehead atoms. The maximum Gasteiger partial charge on any atom is 0.293 e. The van der Waals surface area contributed by atoms with E-state index in [1.54, 1.807) is 18.2 Å². The van der Waals surface area contributed by atoms with E-state index in [0.29, 0.717) is 16.7 Å². The molecule has 0 saturated carbocycles. The van der Waals surface area contributed by atoms with Crippen LogP contribution in [-0.4, -0.2) is 28.9 Å². The SMILES string of the molecule is O=C(c1ccc2nc(Cl)oc2c1)N1CCCC1. The fraction of sp³-hybridized carbons (Fsp3) is 0.333. The number of amides is 1. The highest BCUT2D eigenvalue weighted by Crippen LogP contribution is 2.21. The number of carbonyl (C=O) groups is 1. The molecule has 0 atom stereocenters. The smallest absolute Gasteiger partial charge is 0.293 e. The fourth-order valence-electron chi connectivity index (χ4n) is 2.13. The van der Waals surface area contributed by atoms with Gasteiger partial charge in [-0.15, -0.1) is 0 Å². The molecule has 3 rings (SSSR count). The quantitative estimate of drug-likeness (QED) is 0.782. The third-order valence-electron chi connectivity index (χ3n) is 3.00. The number of carbonyl (C=O) groups excluding carboxylic acids is 1. The number of nitrogens with zero attached hydrogens (tertiary/aromatic N) is 2. The highest BCUT2D eigenvalue weighted by molar-refractivity contribution is 6.28. The lowest BCUT2D eigenvalue weighted by atomic mass is 10.2. The lowest BCUT2D eigenvalue weighted by Crippen LogP contribution is -2.27. The molecule has 0 N–H and O–H groups in total. The molecule has 0 spiro atoms. The van der Waals surface area contributed by atoms with Crippen molar-refractivity contribution >= 4 is 28.6 Å². The first-order valence-electron chi connectivity index (χ1n) is 5.59.